The molecule has 2 unspecified atom stereocenters. The second-order valence-corrected chi connectivity index (χ2v) is 17.0. The van der Waals surface area contributed by atoms with Crippen LogP contribution in [0.5, 0.6) is 0 Å². The Balaban J connectivity index is 1.32. The van der Waals surface area contributed by atoms with Crippen molar-refractivity contribution in [3.05, 3.63) is 96.3 Å². The second kappa shape index (κ2) is 14.4. The van der Waals surface area contributed by atoms with E-state index in [0.29, 0.717) is 0 Å². The summed E-state index contributed by atoms with van der Waals surface area (Å²) in [5.74, 6) is -1.97. The summed E-state index contributed by atoms with van der Waals surface area (Å²) in [5.41, 5.74) is -2.12. The minimum Gasteiger partial charge on any atom is -0.371 e. The van der Waals surface area contributed by atoms with Crippen molar-refractivity contribution in [3.8, 4) is 0 Å². The smallest absolute Gasteiger partial charge is 0.371 e. The number of halogens is 3. The molecule has 14 heteroatoms. The fraction of sp³-hybridized carbons (Fsp3) is 0.381. The number of alkyl halides is 3. The van der Waals surface area contributed by atoms with Gasteiger partial charge in [0.05, 0.1) is 21.6 Å². The summed E-state index contributed by atoms with van der Waals surface area (Å²) in [6.45, 7) is 7.33. The van der Waals surface area contributed by atoms with Gasteiger partial charge in [-0.25, -0.2) is 18.1 Å². The van der Waals surface area contributed by atoms with Gasteiger partial charge in [0.1, 0.15) is 5.54 Å². The number of hydrogen-bond donors (Lipinski definition) is 1. The lowest BCUT2D eigenvalue weighted by Gasteiger charge is -2.40. The number of carbonyl (C=O) groups is 2. The molecule has 2 aromatic heterocycles. The first-order chi connectivity index (χ1) is 26.8. The lowest BCUT2D eigenvalue weighted by atomic mass is 9.68. The van der Waals surface area contributed by atoms with Crippen LogP contribution in [0.1, 0.15) is 75.3 Å². The minimum absolute atomic E-state index is 0.0583. The molecular formula is C42H43F3N6O4S. The Bertz CT molecular complexity index is 2310. The first-order valence-corrected chi connectivity index (χ1v) is 20.7. The van der Waals surface area contributed by atoms with E-state index < -0.39 is 49.6 Å². The molecule has 10 nitrogen and oxygen atoms in total. The van der Waals surface area contributed by atoms with Crippen LogP contribution in [0, 0.1) is 0 Å². The van der Waals surface area contributed by atoms with E-state index in [9.17, 15) is 26.4 Å². The zero-order valence-electron chi connectivity index (χ0n) is 31.2. The number of hydrogen-bond acceptors (Lipinski definition) is 8. The summed E-state index contributed by atoms with van der Waals surface area (Å²) in [4.78, 5) is 43.8. The average molecular weight is 785 g/mol. The van der Waals surface area contributed by atoms with Crippen molar-refractivity contribution in [1.29, 1.82) is 0 Å². The maximum atomic E-state index is 15.4. The second-order valence-electron chi connectivity index (χ2n) is 15.1. The standard InChI is InChI=1S/C42H43F3N6O4S/c1-27(31-19-21-46-33-11-9-13-35(37(31)33)49-23-5-3-6-24-49)41(28(2)32-20-22-47-34-12-10-14-36(38(32)34)50-25-7-4-8-26-50)39(52)51(40(53)48-41)29-15-17-30(18-16-29)56(54,55)42(43,44)45/h9-22,27-28H,3-8,23-26H2,1-2H3,(H,48,53). The maximum absolute atomic E-state index is 15.4. The summed E-state index contributed by atoms with van der Waals surface area (Å²) in [7, 11) is -5.66. The van der Waals surface area contributed by atoms with Crippen molar-refractivity contribution in [3.63, 3.8) is 0 Å². The van der Waals surface area contributed by atoms with E-state index in [1.807, 2.05) is 50.2 Å². The Morgan fingerprint density at radius 2 is 1.14 bits per heavy atom. The van der Waals surface area contributed by atoms with Crippen LogP contribution in [0.3, 0.4) is 0 Å². The largest absolute Gasteiger partial charge is 0.501 e. The van der Waals surface area contributed by atoms with Gasteiger partial charge in [0.2, 0.25) is 0 Å². The van der Waals surface area contributed by atoms with Crippen LogP contribution in [-0.2, 0) is 14.6 Å². The highest BCUT2D eigenvalue weighted by molar-refractivity contribution is 7.92. The number of urea groups is 1. The van der Waals surface area contributed by atoms with Gasteiger partial charge in [-0.15, -0.1) is 0 Å². The Morgan fingerprint density at radius 3 is 1.59 bits per heavy atom. The number of nitrogens with zero attached hydrogens (tertiary/aromatic N) is 5. The topological polar surface area (TPSA) is 116 Å². The molecule has 3 amide bonds. The van der Waals surface area contributed by atoms with Crippen molar-refractivity contribution in [1.82, 2.24) is 15.3 Å². The van der Waals surface area contributed by atoms with Gasteiger partial charge in [0, 0.05) is 72.6 Å². The number of imide groups is 1. The molecule has 0 saturated carbocycles. The van der Waals surface area contributed by atoms with Crippen molar-refractivity contribution >= 4 is 60.6 Å². The van der Waals surface area contributed by atoms with E-state index in [4.69, 9.17) is 9.97 Å². The number of anilines is 3. The number of amides is 3. The number of benzene rings is 3. The number of nitrogens with one attached hydrogen (secondary N) is 1. The SMILES string of the molecule is CC(c1ccnc2cccc(N3CCCCC3)c12)C1(C(C)c2ccnc3cccc(N4CCCCC4)c23)NC(=O)N(c2ccc(S(=O)(=O)C(F)(F)F)cc2)C1=O. The summed E-state index contributed by atoms with van der Waals surface area (Å²) < 4.78 is 64.7. The highest BCUT2D eigenvalue weighted by Crippen LogP contribution is 2.49. The summed E-state index contributed by atoms with van der Waals surface area (Å²) >= 11 is 0. The molecule has 3 saturated heterocycles. The van der Waals surface area contributed by atoms with E-state index in [0.717, 1.165) is 138 Å². The number of carbonyl (C=O) groups excluding carboxylic acids is 2. The van der Waals surface area contributed by atoms with E-state index >= 15 is 4.79 Å². The quantitative estimate of drug-likeness (QED) is 0.156. The molecule has 0 spiro atoms. The number of sulfone groups is 1. The average Bonchev–Trinajstić information content (AvgIpc) is 3.49. The molecule has 3 aliphatic heterocycles. The Labute approximate surface area is 323 Å². The molecule has 8 rings (SSSR count). The highest BCUT2D eigenvalue weighted by atomic mass is 32.2. The monoisotopic (exact) mass is 784 g/mol. The molecule has 1 N–H and O–H groups in total. The normalized spacial score (nSPS) is 20.8. The fourth-order valence-electron chi connectivity index (χ4n) is 9.10. The predicted octanol–water partition coefficient (Wildman–Crippen LogP) is 8.46. The molecule has 0 aliphatic carbocycles. The number of aromatic nitrogens is 2. The molecule has 2 atom stereocenters. The van der Waals surface area contributed by atoms with Crippen LogP contribution < -0.4 is 20.0 Å². The van der Waals surface area contributed by atoms with E-state index in [-0.39, 0.29) is 5.69 Å². The molecule has 0 bridgehead atoms. The van der Waals surface area contributed by atoms with E-state index in [2.05, 4.69) is 27.2 Å². The third-order valence-electron chi connectivity index (χ3n) is 12.0. The number of pyridine rings is 2. The van der Waals surface area contributed by atoms with Crippen LogP contribution >= 0.6 is 0 Å². The van der Waals surface area contributed by atoms with Gasteiger partial charge in [0.25, 0.3) is 15.7 Å². The van der Waals surface area contributed by atoms with Crippen molar-refractivity contribution in [2.45, 2.75) is 80.2 Å². The third kappa shape index (κ3) is 6.12. The van der Waals surface area contributed by atoms with Crippen molar-refractivity contribution in [2.24, 2.45) is 0 Å². The van der Waals surface area contributed by atoms with Crippen LogP contribution in [0.2, 0.25) is 0 Å². The lowest BCUT2D eigenvalue weighted by Crippen LogP contribution is -2.55. The molecular weight excluding hydrogens is 742 g/mol. The van der Waals surface area contributed by atoms with Crippen LogP contribution in [0.4, 0.5) is 35.0 Å². The van der Waals surface area contributed by atoms with Crippen molar-refractivity contribution in [2.75, 3.05) is 40.9 Å². The third-order valence-corrected chi connectivity index (χ3v) is 13.5. The molecule has 3 aromatic carbocycles. The summed E-state index contributed by atoms with van der Waals surface area (Å²) in [6, 6.07) is 18.7. The fourth-order valence-corrected chi connectivity index (χ4v) is 9.86. The highest BCUT2D eigenvalue weighted by Gasteiger charge is 2.59. The molecule has 5 aromatic rings. The van der Waals surface area contributed by atoms with Gasteiger partial charge < -0.3 is 15.1 Å². The summed E-state index contributed by atoms with van der Waals surface area (Å²) in [6.07, 6.45) is 9.88. The predicted molar refractivity (Wildman–Crippen MR) is 211 cm³/mol. The van der Waals surface area contributed by atoms with E-state index in [1.54, 1.807) is 12.4 Å². The van der Waals surface area contributed by atoms with Gasteiger partial charge in [-0.3, -0.25) is 14.8 Å². The lowest BCUT2D eigenvalue weighted by molar-refractivity contribution is -0.123. The number of fused-ring (bicyclic) bond motifs is 2. The van der Waals surface area contributed by atoms with Crippen LogP contribution in [0.25, 0.3) is 21.8 Å². The van der Waals surface area contributed by atoms with Crippen molar-refractivity contribution < 1.29 is 31.2 Å². The first-order valence-electron chi connectivity index (χ1n) is 19.2. The Morgan fingerprint density at radius 1 is 0.679 bits per heavy atom. The van der Waals surface area contributed by atoms with Gasteiger partial charge in [-0.2, -0.15) is 13.2 Å². The molecule has 0 radical (unpaired) electrons. The molecule has 292 valence electrons. The van der Waals surface area contributed by atoms with Crippen LogP contribution in [-0.4, -0.2) is 67.6 Å². The molecule has 5 heterocycles. The molecule has 56 heavy (non-hydrogen) atoms. The Kier molecular flexibility index (Phi) is 9.66. The minimum atomic E-state index is -5.66. The van der Waals surface area contributed by atoms with Crippen LogP contribution in [0.15, 0.2) is 90.1 Å². The first kappa shape index (κ1) is 37.7. The maximum Gasteiger partial charge on any atom is 0.501 e. The number of rotatable bonds is 8. The van der Waals surface area contributed by atoms with Gasteiger partial charge in [-0.05, 0) is 110 Å². The number of piperidine rings is 2. The molecule has 3 fully saturated rings. The van der Waals surface area contributed by atoms with Gasteiger partial charge in [0.15, 0.2) is 0 Å². The molecule has 3 aliphatic rings. The summed E-state index contributed by atoms with van der Waals surface area (Å²) in [5, 5.41) is 4.89. The van der Waals surface area contributed by atoms with E-state index in [1.165, 1.54) is 0 Å². The van der Waals surface area contributed by atoms with Gasteiger partial charge >= 0.3 is 11.5 Å². The zero-order chi connectivity index (χ0) is 39.4. The zero-order valence-corrected chi connectivity index (χ0v) is 32.0. The van der Waals surface area contributed by atoms with Gasteiger partial charge in [-0.1, -0.05) is 26.0 Å². The Hall–Kier alpha value is -5.24.